The maximum absolute atomic E-state index is 12.6. The van der Waals surface area contributed by atoms with Gasteiger partial charge in [0.05, 0.1) is 36.1 Å². The number of aromatic nitrogens is 1. The monoisotopic (exact) mass is 466 g/mol. The summed E-state index contributed by atoms with van der Waals surface area (Å²) in [6, 6.07) is 12.2. The summed E-state index contributed by atoms with van der Waals surface area (Å²) in [7, 11) is -1.16. The Morgan fingerprint density at radius 2 is 1.67 bits per heavy atom. The topological polar surface area (TPSA) is 94.6 Å². The number of benzene rings is 2. The molecule has 0 unspecified atom stereocenters. The van der Waals surface area contributed by atoms with Crippen LogP contribution in [-0.2, 0) is 10.0 Å². The fourth-order valence-corrected chi connectivity index (χ4v) is 4.11. The van der Waals surface area contributed by atoms with Crippen LogP contribution < -0.4 is 14.2 Å². The Morgan fingerprint density at radius 1 is 1.00 bits per heavy atom. The van der Waals surface area contributed by atoms with Gasteiger partial charge in [-0.2, -0.15) is 0 Å². The van der Waals surface area contributed by atoms with E-state index in [1.807, 2.05) is 4.72 Å². The third-order valence-electron chi connectivity index (χ3n) is 4.13. The van der Waals surface area contributed by atoms with E-state index in [0.29, 0.717) is 27.8 Å². The maximum Gasteiger partial charge on any atom is 0.266 e. The first-order chi connectivity index (χ1) is 14.3. The molecule has 30 heavy (non-hydrogen) atoms. The maximum atomic E-state index is 12.6. The number of nitrogens with one attached hydrogen (secondary N) is 1. The fraction of sp³-hybridized carbons (Fsp3) is 0.100. The Labute approximate surface area is 183 Å². The van der Waals surface area contributed by atoms with Crippen molar-refractivity contribution in [2.24, 2.45) is 0 Å². The first kappa shape index (κ1) is 21.9. The zero-order chi connectivity index (χ0) is 21.9. The molecule has 0 saturated heterocycles. The van der Waals surface area contributed by atoms with Crippen molar-refractivity contribution in [3.63, 3.8) is 0 Å². The number of rotatable bonds is 6. The van der Waals surface area contributed by atoms with Crippen molar-refractivity contribution < 1.29 is 22.7 Å². The molecular weight excluding hydrogens is 451 g/mol. The quantitative estimate of drug-likeness (QED) is 0.584. The average molecular weight is 467 g/mol. The third-order valence-corrected chi connectivity index (χ3v) is 6.00. The van der Waals surface area contributed by atoms with E-state index in [9.17, 15) is 13.2 Å². The fourth-order valence-electron chi connectivity index (χ4n) is 2.70. The van der Waals surface area contributed by atoms with Gasteiger partial charge in [0.2, 0.25) is 0 Å². The molecule has 0 aliphatic rings. The van der Waals surface area contributed by atoms with Crippen molar-refractivity contribution in [1.29, 1.82) is 0 Å². The largest absolute Gasteiger partial charge is 0.496 e. The molecule has 156 valence electrons. The third kappa shape index (κ3) is 4.51. The molecule has 0 spiro atoms. The van der Waals surface area contributed by atoms with Crippen molar-refractivity contribution in [2.45, 2.75) is 4.90 Å². The lowest BCUT2D eigenvalue weighted by Crippen LogP contribution is -2.30. The van der Waals surface area contributed by atoms with E-state index in [1.54, 1.807) is 18.2 Å². The van der Waals surface area contributed by atoms with Gasteiger partial charge in [0.1, 0.15) is 16.4 Å². The Bertz CT molecular complexity index is 1180. The number of pyridine rings is 1. The predicted octanol–water partition coefficient (Wildman–Crippen LogP) is 4.19. The van der Waals surface area contributed by atoms with Gasteiger partial charge in [-0.1, -0.05) is 29.3 Å². The normalized spacial score (nSPS) is 11.1. The van der Waals surface area contributed by atoms with Gasteiger partial charge in [-0.05, 0) is 42.5 Å². The number of hydrogen-bond acceptors (Lipinski definition) is 6. The number of nitrogens with zero attached hydrogens (tertiary/aromatic N) is 1. The molecule has 10 heteroatoms. The van der Waals surface area contributed by atoms with Crippen LogP contribution in [0.1, 0.15) is 10.4 Å². The van der Waals surface area contributed by atoms with Crippen LogP contribution in [0.15, 0.2) is 59.6 Å². The van der Waals surface area contributed by atoms with Crippen LogP contribution in [0.5, 0.6) is 11.5 Å². The summed E-state index contributed by atoms with van der Waals surface area (Å²) in [5, 5.41) is 0.359. The molecule has 0 radical (unpaired) electrons. The number of halogens is 2. The van der Waals surface area contributed by atoms with Gasteiger partial charge in [-0.3, -0.25) is 9.78 Å². The summed E-state index contributed by atoms with van der Waals surface area (Å²) in [5.41, 5.74) is 0.992. The molecule has 0 aliphatic carbocycles. The Kier molecular flexibility index (Phi) is 6.50. The highest BCUT2D eigenvalue weighted by Gasteiger charge is 2.22. The summed E-state index contributed by atoms with van der Waals surface area (Å²) in [6.07, 6.45) is 1.14. The van der Waals surface area contributed by atoms with Crippen LogP contribution in [-0.4, -0.2) is 33.5 Å². The van der Waals surface area contributed by atoms with Crippen LogP contribution in [0.2, 0.25) is 10.0 Å². The molecule has 0 aliphatic heterocycles. The van der Waals surface area contributed by atoms with Crippen molar-refractivity contribution in [3.8, 4) is 22.8 Å². The molecule has 0 saturated carbocycles. The molecule has 1 N–H and O–H groups in total. The zero-order valence-corrected chi connectivity index (χ0v) is 18.2. The first-order valence-electron chi connectivity index (χ1n) is 8.46. The summed E-state index contributed by atoms with van der Waals surface area (Å²) < 4.78 is 37.9. The summed E-state index contributed by atoms with van der Waals surface area (Å²) in [5.74, 6) is 0.151. The van der Waals surface area contributed by atoms with E-state index in [0.717, 1.165) is 6.20 Å². The van der Waals surface area contributed by atoms with Crippen LogP contribution in [0.25, 0.3) is 11.3 Å². The number of sulfonamides is 1. The molecule has 1 aromatic heterocycles. The summed E-state index contributed by atoms with van der Waals surface area (Å²) >= 11 is 11.8. The van der Waals surface area contributed by atoms with Gasteiger partial charge in [-0.15, -0.1) is 0 Å². The average Bonchev–Trinajstić information content (AvgIpc) is 2.72. The van der Waals surface area contributed by atoms with Gasteiger partial charge < -0.3 is 9.47 Å². The lowest BCUT2D eigenvalue weighted by molar-refractivity contribution is 0.0981. The van der Waals surface area contributed by atoms with E-state index in [-0.39, 0.29) is 15.5 Å². The van der Waals surface area contributed by atoms with Crippen LogP contribution in [0.3, 0.4) is 0 Å². The first-order valence-corrected chi connectivity index (χ1v) is 10.7. The van der Waals surface area contributed by atoms with E-state index in [4.69, 9.17) is 32.7 Å². The molecule has 7 nitrogen and oxygen atoms in total. The minimum absolute atomic E-state index is 0.0204. The highest BCUT2D eigenvalue weighted by molar-refractivity contribution is 7.90. The van der Waals surface area contributed by atoms with E-state index >= 15 is 0 Å². The minimum atomic E-state index is -4.18. The van der Waals surface area contributed by atoms with Crippen molar-refractivity contribution in [3.05, 3.63) is 70.3 Å². The Hall–Kier alpha value is -2.81. The molecule has 0 bridgehead atoms. The lowest BCUT2D eigenvalue weighted by atomic mass is 10.1. The second-order valence-electron chi connectivity index (χ2n) is 5.98. The molecule has 3 rings (SSSR count). The summed E-state index contributed by atoms with van der Waals surface area (Å²) in [4.78, 5) is 16.4. The summed E-state index contributed by atoms with van der Waals surface area (Å²) in [6.45, 7) is 0. The van der Waals surface area contributed by atoms with Crippen LogP contribution >= 0.6 is 23.2 Å². The second-order valence-corrected chi connectivity index (χ2v) is 8.50. The smallest absolute Gasteiger partial charge is 0.266 e. The molecule has 1 amide bonds. The number of amides is 1. The Morgan fingerprint density at radius 3 is 2.20 bits per heavy atom. The molecule has 3 aromatic rings. The number of ether oxygens (including phenoxy) is 2. The van der Waals surface area contributed by atoms with Gasteiger partial charge in [0.25, 0.3) is 15.9 Å². The Balaban J connectivity index is 1.90. The van der Waals surface area contributed by atoms with Crippen LogP contribution in [0.4, 0.5) is 0 Å². The lowest BCUT2D eigenvalue weighted by Gasteiger charge is -2.13. The van der Waals surface area contributed by atoms with Crippen molar-refractivity contribution >= 4 is 39.1 Å². The molecule has 2 aromatic carbocycles. The second kappa shape index (κ2) is 8.91. The highest BCUT2D eigenvalue weighted by atomic mass is 35.5. The number of hydrogen-bond donors (Lipinski definition) is 1. The van der Waals surface area contributed by atoms with E-state index in [1.165, 1.54) is 44.6 Å². The van der Waals surface area contributed by atoms with Gasteiger partial charge in [0.15, 0.2) is 0 Å². The zero-order valence-electron chi connectivity index (χ0n) is 15.8. The standard InChI is InChI=1S/C20H16Cl2N2O5S/c1-28-17-4-3-5-18(29-2)19(17)16-9-7-13(11-23-16)30(26,27)24-20(25)14-8-6-12(21)10-15(14)22/h3-11H,1-2H3,(H,24,25). The number of methoxy groups -OCH3 is 2. The van der Waals surface area contributed by atoms with E-state index < -0.39 is 15.9 Å². The highest BCUT2D eigenvalue weighted by Crippen LogP contribution is 2.37. The molecule has 0 fully saturated rings. The van der Waals surface area contributed by atoms with Gasteiger partial charge in [-0.25, -0.2) is 13.1 Å². The number of carbonyl (C=O) groups excluding carboxylic acids is 1. The van der Waals surface area contributed by atoms with Gasteiger partial charge in [0, 0.05) is 11.2 Å². The minimum Gasteiger partial charge on any atom is -0.496 e. The molecule has 0 atom stereocenters. The van der Waals surface area contributed by atoms with Crippen molar-refractivity contribution in [1.82, 2.24) is 9.71 Å². The van der Waals surface area contributed by atoms with Crippen molar-refractivity contribution in [2.75, 3.05) is 14.2 Å². The number of carbonyl (C=O) groups is 1. The predicted molar refractivity (Wildman–Crippen MR) is 114 cm³/mol. The SMILES string of the molecule is COc1cccc(OC)c1-c1ccc(S(=O)(=O)NC(=O)c2ccc(Cl)cc2Cl)cn1. The van der Waals surface area contributed by atoms with Gasteiger partial charge >= 0.3 is 0 Å². The molecule has 1 heterocycles. The van der Waals surface area contributed by atoms with Crippen LogP contribution in [0, 0.1) is 0 Å². The van der Waals surface area contributed by atoms with E-state index in [2.05, 4.69) is 4.98 Å². The molecular formula is C20H16Cl2N2O5S.